The molecule has 1 amide bonds. The van der Waals surface area contributed by atoms with E-state index in [1.165, 1.54) is 12.0 Å². The highest BCUT2D eigenvalue weighted by atomic mass is 16.5. The number of carbonyl (C=O) groups is 1. The Labute approximate surface area is 191 Å². The average Bonchev–Trinajstić information content (AvgIpc) is 2.86. The molecule has 1 aromatic heterocycles. The zero-order valence-electron chi connectivity index (χ0n) is 19.4. The summed E-state index contributed by atoms with van der Waals surface area (Å²) in [6, 6.07) is 7.88. The minimum Gasteiger partial charge on any atom is -0.378 e. The molecule has 32 heavy (non-hydrogen) atoms. The number of anilines is 1. The van der Waals surface area contributed by atoms with Crippen molar-refractivity contribution >= 4 is 11.9 Å². The summed E-state index contributed by atoms with van der Waals surface area (Å²) >= 11 is 0. The van der Waals surface area contributed by atoms with Gasteiger partial charge in [-0.25, -0.2) is 9.97 Å². The molecule has 1 N–H and O–H groups in total. The van der Waals surface area contributed by atoms with Crippen molar-refractivity contribution in [3.05, 3.63) is 41.1 Å². The number of fused-ring (bicyclic) bond motifs is 1. The van der Waals surface area contributed by atoms with Gasteiger partial charge < -0.3 is 19.9 Å². The Morgan fingerprint density at radius 3 is 2.69 bits per heavy atom. The highest BCUT2D eigenvalue weighted by Crippen LogP contribution is 2.31. The molecular weight excluding hydrogens is 402 g/mol. The summed E-state index contributed by atoms with van der Waals surface area (Å²) in [4.78, 5) is 27.3. The van der Waals surface area contributed by atoms with E-state index in [9.17, 15) is 4.79 Å². The van der Waals surface area contributed by atoms with Crippen LogP contribution in [0.1, 0.15) is 48.3 Å². The second-order valence-corrected chi connectivity index (χ2v) is 8.47. The molecule has 2 aromatic rings. The first-order valence-corrected chi connectivity index (χ1v) is 12.0. The Hall–Kier alpha value is -2.51. The van der Waals surface area contributed by atoms with E-state index in [0.717, 1.165) is 74.9 Å². The molecule has 1 saturated heterocycles. The van der Waals surface area contributed by atoms with Crippen LogP contribution in [-0.2, 0) is 17.6 Å². The van der Waals surface area contributed by atoms with Crippen molar-refractivity contribution < 1.29 is 9.53 Å². The smallest absolute Gasteiger partial charge is 0.251 e. The lowest BCUT2D eigenvalue weighted by molar-refractivity contribution is 0.0949. The molecule has 0 spiro atoms. The van der Waals surface area contributed by atoms with Crippen molar-refractivity contribution in [2.45, 2.75) is 39.5 Å². The largest absolute Gasteiger partial charge is 0.378 e. The van der Waals surface area contributed by atoms with Gasteiger partial charge in [-0.2, -0.15) is 0 Å². The maximum absolute atomic E-state index is 12.8. The van der Waals surface area contributed by atoms with Gasteiger partial charge in [0.1, 0.15) is 0 Å². The molecule has 4 rings (SSSR count). The molecular formula is C25H35N5O2. The van der Waals surface area contributed by atoms with Gasteiger partial charge in [0.05, 0.1) is 18.9 Å². The number of benzene rings is 1. The van der Waals surface area contributed by atoms with E-state index in [2.05, 4.69) is 35.0 Å². The van der Waals surface area contributed by atoms with Gasteiger partial charge in [0.25, 0.3) is 5.91 Å². The number of nitrogens with zero attached hydrogens (tertiary/aromatic N) is 4. The van der Waals surface area contributed by atoms with E-state index >= 15 is 0 Å². The van der Waals surface area contributed by atoms with Crippen LogP contribution in [0.2, 0.25) is 0 Å². The zero-order valence-corrected chi connectivity index (χ0v) is 19.4. The molecule has 0 bridgehead atoms. The van der Waals surface area contributed by atoms with E-state index in [1.54, 1.807) is 0 Å². The summed E-state index contributed by atoms with van der Waals surface area (Å²) in [5.41, 5.74) is 5.06. The number of aromatic nitrogens is 2. The first-order chi connectivity index (χ1) is 15.7. The number of carbonyl (C=O) groups excluding carboxylic acids is 1. The van der Waals surface area contributed by atoms with Gasteiger partial charge >= 0.3 is 0 Å². The van der Waals surface area contributed by atoms with Crippen LogP contribution >= 0.6 is 0 Å². The first-order valence-electron chi connectivity index (χ1n) is 12.0. The molecule has 1 aromatic carbocycles. The van der Waals surface area contributed by atoms with Crippen LogP contribution in [-0.4, -0.2) is 73.3 Å². The number of hydrogen-bond acceptors (Lipinski definition) is 6. The number of amides is 1. The maximum atomic E-state index is 12.8. The maximum Gasteiger partial charge on any atom is 0.251 e. The van der Waals surface area contributed by atoms with Crippen LogP contribution in [0.5, 0.6) is 0 Å². The van der Waals surface area contributed by atoms with E-state index in [4.69, 9.17) is 14.7 Å². The summed E-state index contributed by atoms with van der Waals surface area (Å²) in [6.45, 7) is 10.8. The monoisotopic (exact) mass is 437 g/mol. The predicted molar refractivity (Wildman–Crippen MR) is 127 cm³/mol. The van der Waals surface area contributed by atoms with E-state index in [0.29, 0.717) is 25.3 Å². The average molecular weight is 438 g/mol. The minimum absolute atomic E-state index is 0.0321. The topological polar surface area (TPSA) is 70.6 Å². The highest BCUT2D eigenvalue weighted by molar-refractivity contribution is 5.95. The summed E-state index contributed by atoms with van der Waals surface area (Å²) in [5, 5.41) is 3.07. The van der Waals surface area contributed by atoms with Gasteiger partial charge in [0, 0.05) is 48.6 Å². The van der Waals surface area contributed by atoms with Crippen molar-refractivity contribution in [2.75, 3.05) is 57.4 Å². The normalized spacial score (nSPS) is 16.2. The molecule has 2 aliphatic rings. The number of ether oxygens (including phenoxy) is 1. The second-order valence-electron chi connectivity index (χ2n) is 8.47. The lowest BCUT2D eigenvalue weighted by Gasteiger charge is -2.29. The van der Waals surface area contributed by atoms with Crippen LogP contribution in [0.15, 0.2) is 24.3 Å². The lowest BCUT2D eigenvalue weighted by Crippen LogP contribution is -2.37. The molecule has 172 valence electrons. The minimum atomic E-state index is -0.0321. The molecule has 2 heterocycles. The van der Waals surface area contributed by atoms with E-state index in [1.807, 2.05) is 18.2 Å². The summed E-state index contributed by atoms with van der Waals surface area (Å²) < 4.78 is 5.51. The number of nitrogens with one attached hydrogen (secondary N) is 1. The van der Waals surface area contributed by atoms with Crippen LogP contribution in [0.25, 0.3) is 11.3 Å². The Bertz CT molecular complexity index is 923. The predicted octanol–water partition coefficient (Wildman–Crippen LogP) is 2.93. The molecule has 0 radical (unpaired) electrons. The van der Waals surface area contributed by atoms with Crippen molar-refractivity contribution in [1.29, 1.82) is 0 Å². The third-order valence-corrected chi connectivity index (χ3v) is 6.47. The van der Waals surface area contributed by atoms with Gasteiger partial charge in [0.2, 0.25) is 5.95 Å². The lowest BCUT2D eigenvalue weighted by atomic mass is 9.92. The number of rotatable bonds is 8. The third-order valence-electron chi connectivity index (χ3n) is 6.47. The van der Waals surface area contributed by atoms with Gasteiger partial charge in [-0.3, -0.25) is 4.79 Å². The van der Waals surface area contributed by atoms with E-state index < -0.39 is 0 Å². The summed E-state index contributed by atoms with van der Waals surface area (Å²) in [7, 11) is 0. The molecule has 1 aliphatic heterocycles. The Balaban J connectivity index is 1.58. The van der Waals surface area contributed by atoms with E-state index in [-0.39, 0.29) is 5.91 Å². The van der Waals surface area contributed by atoms with Crippen LogP contribution < -0.4 is 10.2 Å². The Morgan fingerprint density at radius 2 is 1.91 bits per heavy atom. The summed E-state index contributed by atoms with van der Waals surface area (Å²) in [5.74, 6) is 0.758. The number of morpholine rings is 1. The fraction of sp³-hybridized carbons (Fsp3) is 0.560. The van der Waals surface area contributed by atoms with Gasteiger partial charge in [-0.1, -0.05) is 26.0 Å². The van der Waals surface area contributed by atoms with Crippen molar-refractivity contribution in [3.8, 4) is 11.3 Å². The van der Waals surface area contributed by atoms with Gasteiger partial charge in [-0.05, 0) is 50.9 Å². The van der Waals surface area contributed by atoms with Crippen molar-refractivity contribution in [3.63, 3.8) is 0 Å². The molecule has 1 fully saturated rings. The van der Waals surface area contributed by atoms with Crippen LogP contribution in [0, 0.1) is 0 Å². The molecule has 7 heteroatoms. The quantitative estimate of drug-likeness (QED) is 0.685. The third kappa shape index (κ3) is 5.27. The van der Waals surface area contributed by atoms with Crippen molar-refractivity contribution in [2.24, 2.45) is 0 Å². The molecule has 0 unspecified atom stereocenters. The Kier molecular flexibility index (Phi) is 7.71. The number of hydrogen-bond donors (Lipinski definition) is 1. The van der Waals surface area contributed by atoms with Gasteiger partial charge in [0.15, 0.2) is 0 Å². The standard InChI is InChI=1S/C25H35N5O2/c1-3-29(4-2)13-12-26-24(31)20-9-7-8-19(18-20)23-21-10-5-6-11-22(21)27-25(28-23)30-14-16-32-17-15-30/h7-9,18H,3-6,10-17H2,1-2H3,(H,26,31). The SMILES string of the molecule is CCN(CC)CCNC(=O)c1cccc(-c2nc(N3CCOCC3)nc3c2CCCC3)c1. The molecule has 0 saturated carbocycles. The Morgan fingerprint density at radius 1 is 1.12 bits per heavy atom. The second kappa shape index (κ2) is 10.9. The first kappa shape index (κ1) is 22.7. The molecule has 7 nitrogen and oxygen atoms in total. The highest BCUT2D eigenvalue weighted by Gasteiger charge is 2.23. The molecule has 1 aliphatic carbocycles. The summed E-state index contributed by atoms with van der Waals surface area (Å²) in [6.07, 6.45) is 4.31. The molecule has 0 atom stereocenters. The van der Waals surface area contributed by atoms with Gasteiger partial charge in [-0.15, -0.1) is 0 Å². The zero-order chi connectivity index (χ0) is 22.3. The van der Waals surface area contributed by atoms with Crippen LogP contribution in [0.4, 0.5) is 5.95 Å². The van der Waals surface area contributed by atoms with Crippen molar-refractivity contribution in [1.82, 2.24) is 20.2 Å². The fourth-order valence-corrected chi connectivity index (χ4v) is 4.50. The number of likely N-dealkylation sites (N-methyl/N-ethyl adjacent to an activating group) is 1. The van der Waals surface area contributed by atoms with Crippen LogP contribution in [0.3, 0.4) is 0 Å². The number of aryl methyl sites for hydroxylation is 1. The fourth-order valence-electron chi connectivity index (χ4n) is 4.50.